The van der Waals surface area contributed by atoms with Crippen LogP contribution in [0.1, 0.15) is 11.1 Å². The van der Waals surface area contributed by atoms with Gasteiger partial charge < -0.3 is 4.74 Å². The molecule has 5 heteroatoms. The van der Waals surface area contributed by atoms with Gasteiger partial charge >= 0.3 is 0 Å². The third-order valence-electron chi connectivity index (χ3n) is 3.72. The van der Waals surface area contributed by atoms with Crippen molar-refractivity contribution in [1.82, 2.24) is 0 Å². The van der Waals surface area contributed by atoms with Gasteiger partial charge in [0.25, 0.3) is 10.0 Å². The molecule has 0 aromatic heterocycles. The summed E-state index contributed by atoms with van der Waals surface area (Å²) in [6.07, 6.45) is 1.58. The van der Waals surface area contributed by atoms with Crippen molar-refractivity contribution in [2.24, 2.45) is 0 Å². The van der Waals surface area contributed by atoms with Crippen LogP contribution in [0.5, 0.6) is 5.75 Å². The lowest BCUT2D eigenvalue weighted by Gasteiger charge is -2.24. The molecule has 0 aliphatic heterocycles. The van der Waals surface area contributed by atoms with Gasteiger partial charge in [-0.25, -0.2) is 8.42 Å². The van der Waals surface area contributed by atoms with Gasteiger partial charge in [-0.05, 0) is 61.4 Å². The summed E-state index contributed by atoms with van der Waals surface area (Å²) in [5.74, 6) is 0.616. The number of ether oxygens (including phenoxy) is 1. The van der Waals surface area contributed by atoms with Crippen molar-refractivity contribution in [3.63, 3.8) is 0 Å². The zero-order chi connectivity index (χ0) is 17.0. The van der Waals surface area contributed by atoms with Crippen molar-refractivity contribution in [3.05, 3.63) is 66.2 Å². The summed E-state index contributed by atoms with van der Waals surface area (Å²) in [6.45, 7) is 7.84. The maximum absolute atomic E-state index is 13.0. The number of rotatable bonds is 6. The monoisotopic (exact) mass is 331 g/mol. The van der Waals surface area contributed by atoms with E-state index in [9.17, 15) is 8.42 Å². The largest absolute Gasteiger partial charge is 0.497 e. The third-order valence-corrected chi connectivity index (χ3v) is 5.53. The summed E-state index contributed by atoms with van der Waals surface area (Å²) in [5, 5.41) is 0. The van der Waals surface area contributed by atoms with Crippen molar-refractivity contribution in [2.75, 3.05) is 18.0 Å². The van der Waals surface area contributed by atoms with E-state index in [4.69, 9.17) is 4.74 Å². The molecule has 23 heavy (non-hydrogen) atoms. The number of sulfonamides is 1. The van der Waals surface area contributed by atoms with E-state index in [1.54, 1.807) is 37.5 Å². The molecular formula is C18H21NO3S. The first-order chi connectivity index (χ1) is 10.9. The minimum Gasteiger partial charge on any atom is -0.497 e. The van der Waals surface area contributed by atoms with Crippen LogP contribution in [-0.4, -0.2) is 22.1 Å². The lowest BCUT2D eigenvalue weighted by Crippen LogP contribution is -2.31. The topological polar surface area (TPSA) is 46.6 Å². The van der Waals surface area contributed by atoms with Gasteiger partial charge in [0.05, 0.1) is 24.2 Å². The number of aryl methyl sites for hydroxylation is 2. The summed E-state index contributed by atoms with van der Waals surface area (Å²) in [6, 6.07) is 12.0. The first-order valence-corrected chi connectivity index (χ1v) is 8.69. The highest BCUT2D eigenvalue weighted by molar-refractivity contribution is 7.92. The minimum absolute atomic E-state index is 0.205. The van der Waals surface area contributed by atoms with Crippen molar-refractivity contribution >= 4 is 15.7 Å². The van der Waals surface area contributed by atoms with E-state index in [0.717, 1.165) is 11.1 Å². The molecule has 2 aromatic rings. The first-order valence-electron chi connectivity index (χ1n) is 7.25. The molecule has 0 radical (unpaired) electrons. The average molecular weight is 331 g/mol. The van der Waals surface area contributed by atoms with Crippen molar-refractivity contribution in [2.45, 2.75) is 18.7 Å². The standard InChI is InChI=1S/C18H21NO3S/c1-5-12-19(16-7-6-14(2)15(3)13-16)23(20,21)18-10-8-17(22-4)9-11-18/h5-11,13H,1,12H2,2-4H3. The molecule has 0 aliphatic carbocycles. The molecule has 2 rings (SSSR count). The Kier molecular flexibility index (Phi) is 5.11. The molecule has 0 bridgehead atoms. The Morgan fingerprint density at radius 3 is 2.26 bits per heavy atom. The molecule has 0 aliphatic rings. The highest BCUT2D eigenvalue weighted by atomic mass is 32.2. The normalized spacial score (nSPS) is 11.1. The van der Waals surface area contributed by atoms with Crippen LogP contribution in [-0.2, 0) is 10.0 Å². The Bertz CT molecular complexity index is 796. The molecule has 0 unspecified atom stereocenters. The van der Waals surface area contributed by atoms with Crippen molar-refractivity contribution in [1.29, 1.82) is 0 Å². The molecule has 0 amide bonds. The molecule has 0 saturated carbocycles. The summed E-state index contributed by atoms with van der Waals surface area (Å²) >= 11 is 0. The number of hydrogen-bond acceptors (Lipinski definition) is 3. The average Bonchev–Trinajstić information content (AvgIpc) is 2.55. The Labute approximate surface area is 138 Å². The fraction of sp³-hybridized carbons (Fsp3) is 0.222. The van der Waals surface area contributed by atoms with Gasteiger partial charge in [-0.2, -0.15) is 0 Å². The van der Waals surface area contributed by atoms with Crippen LogP contribution in [0.15, 0.2) is 60.0 Å². The predicted octanol–water partition coefficient (Wildman–Crippen LogP) is 3.69. The molecule has 0 heterocycles. The molecule has 4 nitrogen and oxygen atoms in total. The van der Waals surface area contributed by atoms with Crippen molar-refractivity contribution in [3.8, 4) is 5.75 Å². The maximum atomic E-state index is 13.0. The Hall–Kier alpha value is -2.27. The number of nitrogens with zero attached hydrogens (tertiary/aromatic N) is 1. The lowest BCUT2D eigenvalue weighted by atomic mass is 10.1. The zero-order valence-corrected chi connectivity index (χ0v) is 14.4. The van der Waals surface area contributed by atoms with Crippen LogP contribution in [0.3, 0.4) is 0 Å². The summed E-state index contributed by atoms with van der Waals surface area (Å²) in [7, 11) is -2.12. The fourth-order valence-corrected chi connectivity index (χ4v) is 3.64. The van der Waals surface area contributed by atoms with E-state index in [0.29, 0.717) is 11.4 Å². The first kappa shape index (κ1) is 17.1. The van der Waals surface area contributed by atoms with Crippen LogP contribution in [0.2, 0.25) is 0 Å². The molecule has 0 saturated heterocycles. The Morgan fingerprint density at radius 1 is 1.09 bits per heavy atom. The predicted molar refractivity (Wildman–Crippen MR) is 93.6 cm³/mol. The van der Waals surface area contributed by atoms with Gasteiger partial charge in [-0.15, -0.1) is 6.58 Å². The van der Waals surface area contributed by atoms with Gasteiger partial charge in [0, 0.05) is 0 Å². The number of anilines is 1. The number of methoxy groups -OCH3 is 1. The molecule has 0 spiro atoms. The molecule has 2 aromatic carbocycles. The van der Waals surface area contributed by atoms with E-state index in [1.165, 1.54) is 4.31 Å². The minimum atomic E-state index is -3.66. The maximum Gasteiger partial charge on any atom is 0.264 e. The highest BCUT2D eigenvalue weighted by Crippen LogP contribution is 2.26. The van der Waals surface area contributed by atoms with E-state index < -0.39 is 10.0 Å². The summed E-state index contributed by atoms with van der Waals surface area (Å²) in [5.41, 5.74) is 2.79. The van der Waals surface area contributed by atoms with Crippen LogP contribution in [0.25, 0.3) is 0 Å². The van der Waals surface area contributed by atoms with Gasteiger partial charge in [0.1, 0.15) is 5.75 Å². The zero-order valence-electron chi connectivity index (χ0n) is 13.6. The van der Waals surface area contributed by atoms with E-state index in [1.807, 2.05) is 32.0 Å². The van der Waals surface area contributed by atoms with E-state index in [2.05, 4.69) is 6.58 Å². The SMILES string of the molecule is C=CCN(c1ccc(C)c(C)c1)S(=O)(=O)c1ccc(OC)cc1. The van der Waals surface area contributed by atoms with Gasteiger partial charge in [-0.1, -0.05) is 12.1 Å². The quantitative estimate of drug-likeness (QED) is 0.758. The number of hydrogen-bond donors (Lipinski definition) is 0. The Balaban J connectivity index is 2.49. The molecule has 0 fully saturated rings. The van der Waals surface area contributed by atoms with Gasteiger partial charge in [-0.3, -0.25) is 4.31 Å². The van der Waals surface area contributed by atoms with Crippen LogP contribution >= 0.6 is 0 Å². The second kappa shape index (κ2) is 6.87. The molecular weight excluding hydrogens is 310 g/mol. The Morgan fingerprint density at radius 2 is 1.74 bits per heavy atom. The fourth-order valence-electron chi connectivity index (χ4n) is 2.22. The van der Waals surface area contributed by atoms with Crippen molar-refractivity contribution < 1.29 is 13.2 Å². The summed E-state index contributed by atoms with van der Waals surface area (Å²) in [4.78, 5) is 0.221. The van der Waals surface area contributed by atoms with Gasteiger partial charge in [0.2, 0.25) is 0 Å². The van der Waals surface area contributed by atoms with E-state index >= 15 is 0 Å². The second-order valence-electron chi connectivity index (χ2n) is 5.27. The second-order valence-corrected chi connectivity index (χ2v) is 7.13. The number of benzene rings is 2. The summed E-state index contributed by atoms with van der Waals surface area (Å²) < 4.78 is 32.3. The molecule has 122 valence electrons. The van der Waals surface area contributed by atoms with Crippen LogP contribution in [0.4, 0.5) is 5.69 Å². The van der Waals surface area contributed by atoms with Gasteiger partial charge in [0.15, 0.2) is 0 Å². The van der Waals surface area contributed by atoms with Crippen LogP contribution in [0, 0.1) is 13.8 Å². The smallest absolute Gasteiger partial charge is 0.264 e. The molecule has 0 N–H and O–H groups in total. The van der Waals surface area contributed by atoms with Crippen LogP contribution < -0.4 is 9.04 Å². The third kappa shape index (κ3) is 3.56. The highest BCUT2D eigenvalue weighted by Gasteiger charge is 2.24. The lowest BCUT2D eigenvalue weighted by molar-refractivity contribution is 0.414. The molecule has 0 atom stereocenters. The van der Waals surface area contributed by atoms with E-state index in [-0.39, 0.29) is 11.4 Å².